The molecule has 1 N–H and O–H groups in total. The number of hydrogen-bond donors (Lipinski definition) is 1. The number of benzene rings is 1. The number of nitrogens with zero attached hydrogens (tertiary/aromatic N) is 3. The number of phenols is 1. The normalized spacial score (nSPS) is 9.90. The van der Waals surface area contributed by atoms with Gasteiger partial charge in [0.05, 0.1) is 29.0 Å². The molecule has 20 heavy (non-hydrogen) atoms. The van der Waals surface area contributed by atoms with Gasteiger partial charge in [0.25, 0.3) is 17.2 Å². The summed E-state index contributed by atoms with van der Waals surface area (Å²) in [4.78, 5) is 29.0. The van der Waals surface area contributed by atoms with Crippen LogP contribution in [0.3, 0.4) is 0 Å². The smallest absolute Gasteiger partial charge is 0.367 e. The van der Waals surface area contributed by atoms with Crippen LogP contribution in [0, 0.1) is 30.3 Å². The van der Waals surface area contributed by atoms with Gasteiger partial charge in [0.1, 0.15) is 0 Å². The summed E-state index contributed by atoms with van der Waals surface area (Å²) in [5.74, 6) is -3.28. The third-order valence-electron chi connectivity index (χ3n) is 2.26. The van der Waals surface area contributed by atoms with Crippen LogP contribution in [-0.4, -0.2) is 34.1 Å². The summed E-state index contributed by atoms with van der Waals surface area (Å²) in [6, 6.07) is 0. The van der Waals surface area contributed by atoms with E-state index in [9.17, 15) is 35.4 Å². The maximum Gasteiger partial charge on any atom is 0.367 e. The van der Waals surface area contributed by atoms with E-state index in [1.165, 1.54) is 0 Å². The molecule has 0 atom stereocenters. The van der Waals surface area contributed by atoms with Crippen molar-refractivity contribution < 1.29 is 29.4 Å². The molecule has 0 fully saturated rings. The molecule has 0 aromatic heterocycles. The number of ether oxygens (including phenoxy) is 2. The first-order valence-electron chi connectivity index (χ1n) is 4.71. The average Bonchev–Trinajstić information content (AvgIpc) is 2.35. The second-order valence-electron chi connectivity index (χ2n) is 3.23. The van der Waals surface area contributed by atoms with E-state index >= 15 is 0 Å². The SMILES string of the molecule is COc1c([N+](=O)[O-])c(O)c([N+](=O)[O-])c(OC)c1[N+](=O)[O-]. The quantitative estimate of drug-likeness (QED) is 0.616. The molecule has 12 heteroatoms. The van der Waals surface area contributed by atoms with Crippen molar-refractivity contribution in [3.63, 3.8) is 0 Å². The Hall–Kier alpha value is -3.18. The first-order valence-corrected chi connectivity index (χ1v) is 4.71. The lowest BCUT2D eigenvalue weighted by Crippen LogP contribution is -2.05. The third-order valence-corrected chi connectivity index (χ3v) is 2.26. The van der Waals surface area contributed by atoms with E-state index in [1.54, 1.807) is 0 Å². The number of rotatable bonds is 5. The lowest BCUT2D eigenvalue weighted by molar-refractivity contribution is -0.406. The van der Waals surface area contributed by atoms with Gasteiger partial charge in [0, 0.05) is 0 Å². The third kappa shape index (κ3) is 2.09. The maximum atomic E-state index is 10.9. The fourth-order valence-electron chi connectivity index (χ4n) is 1.55. The van der Waals surface area contributed by atoms with Crippen LogP contribution in [0.25, 0.3) is 0 Å². The lowest BCUT2D eigenvalue weighted by Gasteiger charge is -2.08. The Morgan fingerprint density at radius 3 is 1.30 bits per heavy atom. The Bertz CT molecular complexity index is 569. The zero-order valence-corrected chi connectivity index (χ0v) is 10.1. The van der Waals surface area contributed by atoms with Crippen molar-refractivity contribution in [1.82, 2.24) is 0 Å². The molecule has 1 aromatic rings. The summed E-state index contributed by atoms with van der Waals surface area (Å²) >= 11 is 0. The van der Waals surface area contributed by atoms with Crippen molar-refractivity contribution in [3.8, 4) is 17.2 Å². The maximum absolute atomic E-state index is 10.9. The number of aromatic hydroxyl groups is 1. The van der Waals surface area contributed by atoms with E-state index < -0.39 is 49.1 Å². The molecular formula is C8H7N3O9. The van der Waals surface area contributed by atoms with Gasteiger partial charge < -0.3 is 14.6 Å². The Morgan fingerprint density at radius 2 is 1.10 bits per heavy atom. The molecule has 0 aliphatic heterocycles. The Morgan fingerprint density at radius 1 is 0.800 bits per heavy atom. The molecule has 12 nitrogen and oxygen atoms in total. The summed E-state index contributed by atoms with van der Waals surface area (Å²) in [6.45, 7) is 0. The summed E-state index contributed by atoms with van der Waals surface area (Å²) in [7, 11) is 1.75. The number of methoxy groups -OCH3 is 2. The van der Waals surface area contributed by atoms with Crippen molar-refractivity contribution in [3.05, 3.63) is 30.3 Å². The van der Waals surface area contributed by atoms with Crippen LogP contribution in [0.2, 0.25) is 0 Å². The molecule has 108 valence electrons. The van der Waals surface area contributed by atoms with E-state index in [0.717, 1.165) is 14.2 Å². The van der Waals surface area contributed by atoms with E-state index in [4.69, 9.17) is 0 Å². The lowest BCUT2D eigenvalue weighted by atomic mass is 10.1. The van der Waals surface area contributed by atoms with E-state index in [-0.39, 0.29) is 0 Å². The molecule has 0 aliphatic rings. The van der Waals surface area contributed by atoms with Crippen LogP contribution in [0.15, 0.2) is 0 Å². The predicted octanol–water partition coefficient (Wildman–Crippen LogP) is 1.13. The number of phenolic OH excluding ortho intramolecular Hbond substituents is 1. The van der Waals surface area contributed by atoms with Crippen molar-refractivity contribution >= 4 is 17.1 Å². The van der Waals surface area contributed by atoms with E-state index in [1.807, 2.05) is 0 Å². The second-order valence-corrected chi connectivity index (χ2v) is 3.23. The summed E-state index contributed by atoms with van der Waals surface area (Å²) < 4.78 is 9.02. The van der Waals surface area contributed by atoms with Crippen molar-refractivity contribution in [2.45, 2.75) is 0 Å². The predicted molar refractivity (Wildman–Crippen MR) is 61.2 cm³/mol. The minimum Gasteiger partial charge on any atom is -0.497 e. The molecule has 1 aromatic carbocycles. The Labute approximate surface area is 109 Å². The standard InChI is InChI=1S/C8H7N3O9/c1-19-7-3(9(13)14)6(12)4(10(15)16)8(20-2)5(7)11(17)18/h12H,1-2H3. The van der Waals surface area contributed by atoms with Crippen LogP contribution in [-0.2, 0) is 0 Å². The van der Waals surface area contributed by atoms with Crippen LogP contribution in [0.4, 0.5) is 17.1 Å². The summed E-state index contributed by atoms with van der Waals surface area (Å²) in [5, 5.41) is 42.2. The Kier molecular flexibility index (Phi) is 3.88. The van der Waals surface area contributed by atoms with E-state index in [2.05, 4.69) is 9.47 Å². The first kappa shape index (κ1) is 14.9. The zero-order chi connectivity index (χ0) is 15.6. The fraction of sp³-hybridized carbons (Fsp3) is 0.250. The fourth-order valence-corrected chi connectivity index (χ4v) is 1.55. The second kappa shape index (κ2) is 5.21. The van der Waals surface area contributed by atoms with Gasteiger partial charge in [-0.1, -0.05) is 0 Å². The van der Waals surface area contributed by atoms with Gasteiger partial charge in [-0.3, -0.25) is 30.3 Å². The van der Waals surface area contributed by atoms with Gasteiger partial charge >= 0.3 is 17.1 Å². The molecule has 1 rings (SSSR count). The van der Waals surface area contributed by atoms with Gasteiger partial charge in [0.15, 0.2) is 0 Å². The van der Waals surface area contributed by atoms with Crippen molar-refractivity contribution in [1.29, 1.82) is 0 Å². The molecule has 0 aliphatic carbocycles. The highest BCUT2D eigenvalue weighted by Gasteiger charge is 2.44. The molecule has 0 saturated carbocycles. The van der Waals surface area contributed by atoms with Gasteiger partial charge in [-0.25, -0.2) is 0 Å². The monoisotopic (exact) mass is 289 g/mol. The molecule has 0 spiro atoms. The molecule has 0 radical (unpaired) electrons. The van der Waals surface area contributed by atoms with Crippen LogP contribution < -0.4 is 9.47 Å². The van der Waals surface area contributed by atoms with E-state index in [0.29, 0.717) is 0 Å². The average molecular weight is 289 g/mol. The van der Waals surface area contributed by atoms with Gasteiger partial charge in [-0.2, -0.15) is 0 Å². The minimum atomic E-state index is -1.39. The number of hydrogen-bond acceptors (Lipinski definition) is 9. The highest BCUT2D eigenvalue weighted by Crippen LogP contribution is 2.55. The highest BCUT2D eigenvalue weighted by molar-refractivity contribution is 5.81. The molecule has 0 amide bonds. The Balaban J connectivity index is 4.05. The highest BCUT2D eigenvalue weighted by atomic mass is 16.6. The van der Waals surface area contributed by atoms with Gasteiger partial charge in [-0.05, 0) is 0 Å². The topological polar surface area (TPSA) is 168 Å². The molecule has 0 unspecified atom stereocenters. The zero-order valence-electron chi connectivity index (χ0n) is 10.1. The molecule has 0 heterocycles. The first-order chi connectivity index (χ1) is 9.27. The molecule has 0 bridgehead atoms. The van der Waals surface area contributed by atoms with Crippen LogP contribution >= 0.6 is 0 Å². The van der Waals surface area contributed by atoms with Crippen LogP contribution in [0.1, 0.15) is 0 Å². The summed E-state index contributed by atoms with van der Waals surface area (Å²) in [5.41, 5.74) is -3.69. The van der Waals surface area contributed by atoms with Crippen LogP contribution in [0.5, 0.6) is 17.2 Å². The summed E-state index contributed by atoms with van der Waals surface area (Å²) in [6.07, 6.45) is 0. The largest absolute Gasteiger partial charge is 0.497 e. The number of nitro groups is 3. The minimum absolute atomic E-state index is 0.875. The molecule has 0 saturated heterocycles. The number of nitro benzene ring substituents is 3. The van der Waals surface area contributed by atoms with Gasteiger partial charge in [0.2, 0.25) is 0 Å². The van der Waals surface area contributed by atoms with Crippen molar-refractivity contribution in [2.24, 2.45) is 0 Å². The molecular weight excluding hydrogens is 282 g/mol. The van der Waals surface area contributed by atoms with Crippen molar-refractivity contribution in [2.75, 3.05) is 14.2 Å². The van der Waals surface area contributed by atoms with Gasteiger partial charge in [-0.15, -0.1) is 0 Å².